The van der Waals surface area contributed by atoms with Crippen LogP contribution in [-0.2, 0) is 6.61 Å². The van der Waals surface area contributed by atoms with E-state index in [9.17, 15) is 17.6 Å². The molecule has 2 saturated carbocycles. The average Bonchev–Trinajstić information content (AvgIpc) is 2.96. The fourth-order valence-corrected chi connectivity index (χ4v) is 6.56. The Balaban J connectivity index is 1.22. The zero-order chi connectivity index (χ0) is 27.5. The van der Waals surface area contributed by atoms with Gasteiger partial charge < -0.3 is 9.47 Å². The van der Waals surface area contributed by atoms with Gasteiger partial charge in [-0.25, -0.2) is 8.78 Å². The highest BCUT2D eigenvalue weighted by Crippen LogP contribution is 2.48. The molecule has 0 aliphatic heterocycles. The molecule has 2 fully saturated rings. The minimum Gasteiger partial charge on any atom is -0.491 e. The van der Waals surface area contributed by atoms with Gasteiger partial charge in [-0.1, -0.05) is 44.0 Å². The van der Waals surface area contributed by atoms with Crippen molar-refractivity contribution < 1.29 is 27.0 Å². The second-order valence-electron chi connectivity index (χ2n) is 11.1. The maximum absolute atomic E-state index is 14.9. The Morgan fingerprint density at radius 2 is 1.23 bits per heavy atom. The van der Waals surface area contributed by atoms with E-state index in [1.165, 1.54) is 74.8 Å². The molecular weight excluding hydrogens is 504 g/mol. The topological polar surface area (TPSA) is 18.5 Å². The zero-order valence-electron chi connectivity index (χ0n) is 22.6. The predicted octanol–water partition coefficient (Wildman–Crippen LogP) is 9.60. The summed E-state index contributed by atoms with van der Waals surface area (Å²) in [4.78, 5) is 0. The number of hydrogen-bond donors (Lipinski definition) is 0. The molecule has 0 N–H and O–H groups in total. The highest BCUT2D eigenvalue weighted by molar-refractivity contribution is 5.67. The van der Waals surface area contributed by atoms with Crippen LogP contribution in [0.25, 0.3) is 11.1 Å². The van der Waals surface area contributed by atoms with Crippen molar-refractivity contribution in [1.82, 2.24) is 0 Å². The Morgan fingerprint density at radius 3 is 1.85 bits per heavy atom. The van der Waals surface area contributed by atoms with Crippen molar-refractivity contribution >= 4 is 0 Å². The Morgan fingerprint density at radius 1 is 0.641 bits per heavy atom. The molecule has 39 heavy (non-hydrogen) atoms. The number of benzene rings is 3. The molecule has 2 nitrogen and oxygen atoms in total. The molecule has 4 unspecified atom stereocenters. The van der Waals surface area contributed by atoms with Gasteiger partial charge in [0.2, 0.25) is 11.6 Å². The Bertz CT molecular complexity index is 1290. The van der Waals surface area contributed by atoms with Crippen LogP contribution < -0.4 is 9.47 Å². The number of ether oxygens (including phenoxy) is 2. The van der Waals surface area contributed by atoms with Gasteiger partial charge in [-0.2, -0.15) is 8.78 Å². The van der Waals surface area contributed by atoms with Crippen molar-refractivity contribution in [3.8, 4) is 22.6 Å². The molecule has 6 heteroatoms. The molecule has 0 amide bonds. The molecular formula is C33H36F4O2. The first-order valence-corrected chi connectivity index (χ1v) is 14.2. The van der Waals surface area contributed by atoms with E-state index in [2.05, 4.69) is 19.1 Å². The normalized spacial score (nSPS) is 22.8. The quantitative estimate of drug-likeness (QED) is 0.265. The van der Waals surface area contributed by atoms with Crippen molar-refractivity contribution in [2.24, 2.45) is 17.8 Å². The van der Waals surface area contributed by atoms with E-state index in [1.807, 2.05) is 12.1 Å². The molecule has 208 valence electrons. The summed E-state index contributed by atoms with van der Waals surface area (Å²) in [6.45, 7) is 4.16. The third-order valence-electron chi connectivity index (χ3n) is 8.83. The van der Waals surface area contributed by atoms with Crippen LogP contribution in [0.4, 0.5) is 17.6 Å². The van der Waals surface area contributed by atoms with Crippen molar-refractivity contribution in [3.63, 3.8) is 0 Å². The van der Waals surface area contributed by atoms with Gasteiger partial charge in [0.15, 0.2) is 23.1 Å². The SMILES string of the molecule is CCOc1ccc(-c2ccc(OCc3ccc(C4CCC5CC(CC)CCC5C4)cc3)c(F)c2F)c(F)c1F. The van der Waals surface area contributed by atoms with E-state index in [4.69, 9.17) is 9.47 Å². The lowest BCUT2D eigenvalue weighted by molar-refractivity contribution is 0.116. The Labute approximate surface area is 228 Å². The number of hydrogen-bond acceptors (Lipinski definition) is 2. The fourth-order valence-electron chi connectivity index (χ4n) is 6.56. The van der Waals surface area contributed by atoms with Gasteiger partial charge in [0.25, 0.3) is 0 Å². The van der Waals surface area contributed by atoms with Crippen LogP contribution in [-0.4, -0.2) is 6.61 Å². The van der Waals surface area contributed by atoms with Gasteiger partial charge in [0, 0.05) is 11.1 Å². The summed E-state index contributed by atoms with van der Waals surface area (Å²) >= 11 is 0. The molecule has 0 aromatic heterocycles. The minimum atomic E-state index is -1.30. The third-order valence-corrected chi connectivity index (χ3v) is 8.83. The van der Waals surface area contributed by atoms with E-state index in [-0.39, 0.29) is 35.8 Å². The molecule has 0 bridgehead atoms. The molecule has 0 heterocycles. The highest BCUT2D eigenvalue weighted by atomic mass is 19.2. The first kappa shape index (κ1) is 27.5. The molecule has 4 atom stereocenters. The van der Waals surface area contributed by atoms with Crippen molar-refractivity contribution in [2.45, 2.75) is 71.3 Å². The summed E-state index contributed by atoms with van der Waals surface area (Å²) in [6, 6.07) is 13.0. The standard InChI is InChI=1S/C33H36F4O2/c1-3-20-5-10-25-18-24(12-11-23(25)17-20)22-8-6-21(7-9-22)19-39-29-16-14-27(31(35)33(29)37)26-13-15-28(38-4-2)32(36)30(26)34/h6-9,13-16,20,23-25H,3-5,10-12,17-19H2,1-2H3. The van der Waals surface area contributed by atoms with Gasteiger partial charge in [-0.05, 0) is 98.1 Å². The first-order chi connectivity index (χ1) is 18.9. The highest BCUT2D eigenvalue weighted by Gasteiger charge is 2.35. The summed E-state index contributed by atoms with van der Waals surface area (Å²) in [5.74, 6) is -2.43. The monoisotopic (exact) mass is 540 g/mol. The van der Waals surface area contributed by atoms with Crippen LogP contribution in [0.2, 0.25) is 0 Å². The second kappa shape index (κ2) is 12.0. The molecule has 0 saturated heterocycles. The summed E-state index contributed by atoms with van der Waals surface area (Å²) in [5.41, 5.74) is 1.41. The maximum atomic E-state index is 14.9. The van der Waals surface area contributed by atoms with Gasteiger partial charge in [0.1, 0.15) is 6.61 Å². The van der Waals surface area contributed by atoms with E-state index >= 15 is 0 Å². The molecule has 3 aromatic carbocycles. The van der Waals surface area contributed by atoms with E-state index < -0.39 is 23.3 Å². The van der Waals surface area contributed by atoms with Crippen molar-refractivity contribution in [1.29, 1.82) is 0 Å². The molecule has 2 aliphatic carbocycles. The second-order valence-corrected chi connectivity index (χ2v) is 11.1. The number of halogens is 4. The van der Waals surface area contributed by atoms with Gasteiger partial charge in [-0.3, -0.25) is 0 Å². The number of rotatable bonds is 8. The van der Waals surface area contributed by atoms with Gasteiger partial charge in [-0.15, -0.1) is 0 Å². The minimum absolute atomic E-state index is 0.0653. The molecule has 0 radical (unpaired) electrons. The first-order valence-electron chi connectivity index (χ1n) is 14.2. The summed E-state index contributed by atoms with van der Waals surface area (Å²) in [6.07, 6.45) is 9.21. The molecule has 0 spiro atoms. The van der Waals surface area contributed by atoms with Crippen LogP contribution in [0.15, 0.2) is 48.5 Å². The van der Waals surface area contributed by atoms with E-state index in [0.29, 0.717) is 5.92 Å². The maximum Gasteiger partial charge on any atom is 0.201 e. The summed E-state index contributed by atoms with van der Waals surface area (Å²) in [7, 11) is 0. The van der Waals surface area contributed by atoms with Crippen LogP contribution >= 0.6 is 0 Å². The largest absolute Gasteiger partial charge is 0.491 e. The van der Waals surface area contributed by atoms with Crippen LogP contribution in [0, 0.1) is 41.0 Å². The summed E-state index contributed by atoms with van der Waals surface area (Å²) in [5, 5.41) is 0. The zero-order valence-corrected chi connectivity index (χ0v) is 22.6. The van der Waals surface area contributed by atoms with Gasteiger partial charge in [0.05, 0.1) is 6.61 Å². The molecule has 2 aliphatic rings. The van der Waals surface area contributed by atoms with Crippen LogP contribution in [0.3, 0.4) is 0 Å². The predicted molar refractivity (Wildman–Crippen MR) is 145 cm³/mol. The van der Waals surface area contributed by atoms with Crippen LogP contribution in [0.1, 0.15) is 75.8 Å². The van der Waals surface area contributed by atoms with Gasteiger partial charge >= 0.3 is 0 Å². The lowest BCUT2D eigenvalue weighted by atomic mass is 9.63. The smallest absolute Gasteiger partial charge is 0.201 e. The number of fused-ring (bicyclic) bond motifs is 1. The third kappa shape index (κ3) is 5.80. The van der Waals surface area contributed by atoms with E-state index in [0.717, 1.165) is 23.3 Å². The molecule has 3 aromatic rings. The fraction of sp³-hybridized carbons (Fsp3) is 0.455. The lowest BCUT2D eigenvalue weighted by Crippen LogP contribution is -2.30. The van der Waals surface area contributed by atoms with Crippen molar-refractivity contribution in [3.05, 3.63) is 82.9 Å². The van der Waals surface area contributed by atoms with E-state index in [1.54, 1.807) is 6.92 Å². The van der Waals surface area contributed by atoms with Crippen LogP contribution in [0.5, 0.6) is 11.5 Å². The lowest BCUT2D eigenvalue weighted by Gasteiger charge is -2.42. The Kier molecular flexibility index (Phi) is 8.49. The summed E-state index contributed by atoms with van der Waals surface area (Å²) < 4.78 is 69.1. The Hall–Kier alpha value is -3.02. The molecule has 5 rings (SSSR count). The van der Waals surface area contributed by atoms with Crippen molar-refractivity contribution in [2.75, 3.05) is 6.61 Å². The average molecular weight is 541 g/mol.